The van der Waals surface area contributed by atoms with E-state index in [0.717, 1.165) is 12.3 Å². The third-order valence-corrected chi connectivity index (χ3v) is 4.17. The summed E-state index contributed by atoms with van der Waals surface area (Å²) < 4.78 is 28.7. The SMILES string of the molecule is CS(=O)(=O)c1cccc(Oc2cc(Cl)cc(Cl)c2)c1[N+](=O)[O-]. The monoisotopic (exact) mass is 361 g/mol. The lowest BCUT2D eigenvalue weighted by molar-refractivity contribution is -0.388. The molecule has 0 N–H and O–H groups in total. The number of nitro benzene ring substituents is 1. The minimum absolute atomic E-state index is 0.159. The Morgan fingerprint density at radius 2 is 1.73 bits per heavy atom. The molecule has 0 bridgehead atoms. The molecule has 2 rings (SSSR count). The summed E-state index contributed by atoms with van der Waals surface area (Å²) in [7, 11) is -3.78. The van der Waals surface area contributed by atoms with Gasteiger partial charge in [-0.15, -0.1) is 0 Å². The highest BCUT2D eigenvalue weighted by Gasteiger charge is 2.27. The van der Waals surface area contributed by atoms with E-state index in [-0.39, 0.29) is 21.5 Å². The number of para-hydroxylation sites is 1. The molecule has 0 aliphatic heterocycles. The van der Waals surface area contributed by atoms with E-state index >= 15 is 0 Å². The fourth-order valence-electron chi connectivity index (χ4n) is 1.78. The van der Waals surface area contributed by atoms with Crippen LogP contribution in [0.25, 0.3) is 0 Å². The van der Waals surface area contributed by atoms with Gasteiger partial charge in [0.05, 0.1) is 4.92 Å². The first-order valence-electron chi connectivity index (χ1n) is 5.80. The summed E-state index contributed by atoms with van der Waals surface area (Å²) in [6, 6.07) is 8.07. The van der Waals surface area contributed by atoms with Gasteiger partial charge in [-0.2, -0.15) is 0 Å². The third kappa shape index (κ3) is 3.68. The Morgan fingerprint density at radius 3 is 2.23 bits per heavy atom. The van der Waals surface area contributed by atoms with Crippen molar-refractivity contribution in [2.24, 2.45) is 0 Å². The molecule has 0 aliphatic carbocycles. The first kappa shape index (κ1) is 16.5. The number of nitrogens with zero attached hydrogens (tertiary/aromatic N) is 1. The van der Waals surface area contributed by atoms with Crippen molar-refractivity contribution >= 4 is 38.7 Å². The molecule has 2 aromatic carbocycles. The van der Waals surface area contributed by atoms with Crippen molar-refractivity contribution in [1.29, 1.82) is 0 Å². The zero-order chi connectivity index (χ0) is 16.5. The van der Waals surface area contributed by atoms with Crippen LogP contribution in [-0.4, -0.2) is 19.6 Å². The van der Waals surface area contributed by atoms with Crippen molar-refractivity contribution in [2.45, 2.75) is 4.90 Å². The summed E-state index contributed by atoms with van der Waals surface area (Å²) in [6.07, 6.45) is 0.884. The largest absolute Gasteiger partial charge is 0.450 e. The lowest BCUT2D eigenvalue weighted by Gasteiger charge is -2.09. The van der Waals surface area contributed by atoms with Crippen molar-refractivity contribution in [1.82, 2.24) is 0 Å². The van der Waals surface area contributed by atoms with Gasteiger partial charge in [0.1, 0.15) is 10.6 Å². The van der Waals surface area contributed by atoms with Crippen molar-refractivity contribution in [3.05, 3.63) is 56.6 Å². The van der Waals surface area contributed by atoms with E-state index in [1.54, 1.807) is 0 Å². The molecule has 6 nitrogen and oxygen atoms in total. The van der Waals surface area contributed by atoms with E-state index < -0.39 is 25.3 Å². The number of nitro groups is 1. The Labute approximate surface area is 136 Å². The van der Waals surface area contributed by atoms with Crippen LogP contribution in [0.2, 0.25) is 10.0 Å². The zero-order valence-corrected chi connectivity index (χ0v) is 13.4. The van der Waals surface area contributed by atoms with Crippen LogP contribution in [0.5, 0.6) is 11.5 Å². The fourth-order valence-corrected chi connectivity index (χ4v) is 3.14. The van der Waals surface area contributed by atoms with E-state index in [1.807, 2.05) is 0 Å². The van der Waals surface area contributed by atoms with Gasteiger partial charge in [-0.1, -0.05) is 29.3 Å². The molecular formula is C13H9Cl2NO5S. The molecule has 2 aromatic rings. The van der Waals surface area contributed by atoms with Gasteiger partial charge in [-0.05, 0) is 30.3 Å². The molecule has 0 aliphatic rings. The third-order valence-electron chi connectivity index (χ3n) is 2.61. The Hall–Kier alpha value is -1.83. The first-order chi connectivity index (χ1) is 10.2. The second-order valence-electron chi connectivity index (χ2n) is 4.34. The number of hydrogen-bond donors (Lipinski definition) is 0. The minimum Gasteiger partial charge on any atom is -0.450 e. The summed E-state index contributed by atoms with van der Waals surface area (Å²) in [5, 5.41) is 11.8. The van der Waals surface area contributed by atoms with Gasteiger partial charge < -0.3 is 4.74 Å². The normalized spacial score (nSPS) is 11.2. The molecule has 0 atom stereocenters. The second kappa shape index (κ2) is 6.12. The van der Waals surface area contributed by atoms with Crippen molar-refractivity contribution in [3.63, 3.8) is 0 Å². The van der Waals surface area contributed by atoms with Gasteiger partial charge in [-0.3, -0.25) is 10.1 Å². The topological polar surface area (TPSA) is 86.5 Å². The number of ether oxygens (including phenoxy) is 1. The minimum atomic E-state index is -3.78. The van der Waals surface area contributed by atoms with Crippen LogP contribution in [0.15, 0.2) is 41.3 Å². The molecule has 0 saturated heterocycles. The van der Waals surface area contributed by atoms with E-state index in [0.29, 0.717) is 0 Å². The van der Waals surface area contributed by atoms with Crippen LogP contribution >= 0.6 is 23.2 Å². The van der Waals surface area contributed by atoms with Gasteiger partial charge in [0, 0.05) is 16.3 Å². The van der Waals surface area contributed by atoms with Gasteiger partial charge >= 0.3 is 5.69 Å². The highest BCUT2D eigenvalue weighted by Crippen LogP contribution is 2.37. The number of rotatable bonds is 4. The van der Waals surface area contributed by atoms with Crippen LogP contribution in [-0.2, 0) is 9.84 Å². The average molecular weight is 362 g/mol. The summed E-state index contributed by atoms with van der Waals surface area (Å²) >= 11 is 11.7. The Bertz CT molecular complexity index is 831. The molecule has 116 valence electrons. The molecule has 0 aromatic heterocycles. The molecule has 0 unspecified atom stereocenters. The van der Waals surface area contributed by atoms with Crippen LogP contribution in [0, 0.1) is 10.1 Å². The van der Waals surface area contributed by atoms with E-state index in [9.17, 15) is 18.5 Å². The van der Waals surface area contributed by atoms with Crippen LogP contribution in [0.4, 0.5) is 5.69 Å². The molecule has 9 heteroatoms. The highest BCUT2D eigenvalue weighted by atomic mass is 35.5. The maximum Gasteiger partial charge on any atom is 0.330 e. The maximum atomic E-state index is 11.7. The molecule has 22 heavy (non-hydrogen) atoms. The summed E-state index contributed by atoms with van der Waals surface area (Å²) in [5.74, 6) is -0.0579. The van der Waals surface area contributed by atoms with Gasteiger partial charge in [0.2, 0.25) is 5.75 Å². The lowest BCUT2D eigenvalue weighted by atomic mass is 10.3. The fraction of sp³-hybridized carbons (Fsp3) is 0.0769. The molecule has 0 saturated carbocycles. The number of halogens is 2. The highest BCUT2D eigenvalue weighted by molar-refractivity contribution is 7.90. The van der Waals surface area contributed by atoms with Crippen molar-refractivity contribution < 1.29 is 18.1 Å². The number of sulfone groups is 1. The predicted octanol–water partition coefficient (Wildman–Crippen LogP) is 4.10. The smallest absolute Gasteiger partial charge is 0.330 e. The van der Waals surface area contributed by atoms with E-state index in [4.69, 9.17) is 27.9 Å². The van der Waals surface area contributed by atoms with Gasteiger partial charge in [-0.25, -0.2) is 8.42 Å². The van der Waals surface area contributed by atoms with Gasteiger partial charge in [0.15, 0.2) is 9.84 Å². The van der Waals surface area contributed by atoms with Crippen molar-refractivity contribution in [2.75, 3.05) is 6.26 Å². The Kier molecular flexibility index (Phi) is 4.60. The molecule has 0 amide bonds. The lowest BCUT2D eigenvalue weighted by Crippen LogP contribution is -2.04. The van der Waals surface area contributed by atoms with Crippen LogP contribution in [0.3, 0.4) is 0 Å². The van der Waals surface area contributed by atoms with Crippen molar-refractivity contribution in [3.8, 4) is 11.5 Å². The summed E-state index contributed by atoms with van der Waals surface area (Å²) in [6.45, 7) is 0. The Balaban J connectivity index is 2.58. The van der Waals surface area contributed by atoms with Crippen LogP contribution in [0.1, 0.15) is 0 Å². The van der Waals surface area contributed by atoms with Gasteiger partial charge in [0.25, 0.3) is 0 Å². The summed E-state index contributed by atoms with van der Waals surface area (Å²) in [4.78, 5) is 9.99. The molecule has 0 radical (unpaired) electrons. The quantitative estimate of drug-likeness (QED) is 0.604. The molecule has 0 heterocycles. The number of hydrogen-bond acceptors (Lipinski definition) is 5. The first-order valence-corrected chi connectivity index (χ1v) is 8.44. The van der Waals surface area contributed by atoms with Crippen LogP contribution < -0.4 is 4.74 Å². The predicted molar refractivity (Wildman–Crippen MR) is 82.7 cm³/mol. The molecule has 0 fully saturated rings. The molecule has 0 spiro atoms. The standard InChI is InChI=1S/C13H9Cl2NO5S/c1-22(19,20)12-4-2-3-11(13(12)16(17)18)21-10-6-8(14)5-9(15)7-10/h2-7H,1H3. The Morgan fingerprint density at radius 1 is 1.14 bits per heavy atom. The van der Waals surface area contributed by atoms with E-state index in [1.165, 1.54) is 30.3 Å². The van der Waals surface area contributed by atoms with E-state index in [2.05, 4.69) is 0 Å². The molecular weight excluding hydrogens is 353 g/mol. The number of benzene rings is 2. The zero-order valence-electron chi connectivity index (χ0n) is 11.1. The second-order valence-corrected chi connectivity index (χ2v) is 7.20. The maximum absolute atomic E-state index is 11.7. The average Bonchev–Trinajstić information content (AvgIpc) is 2.35. The summed E-state index contributed by atoms with van der Waals surface area (Å²) in [5.41, 5.74) is -0.638.